The lowest BCUT2D eigenvalue weighted by Gasteiger charge is -2.32. The first kappa shape index (κ1) is 14.3. The second kappa shape index (κ2) is 7.52. The molecule has 2 atom stereocenters. The molecule has 0 aromatic carbocycles. The fourth-order valence-corrected chi connectivity index (χ4v) is 2.75. The Labute approximate surface area is 106 Å². The van der Waals surface area contributed by atoms with Crippen molar-refractivity contribution in [1.29, 1.82) is 0 Å². The molecule has 0 spiro atoms. The molecule has 2 unspecified atom stereocenters. The van der Waals surface area contributed by atoms with Gasteiger partial charge in [0.05, 0.1) is 5.00 Å². The topological polar surface area (TPSA) is 24.1 Å². The second-order valence-electron chi connectivity index (χ2n) is 4.96. The summed E-state index contributed by atoms with van der Waals surface area (Å²) in [4.78, 5) is -0.155. The van der Waals surface area contributed by atoms with Crippen LogP contribution in [0.1, 0.15) is 58.8 Å². The van der Waals surface area contributed by atoms with Crippen LogP contribution < -0.4 is 10.6 Å². The van der Waals surface area contributed by atoms with Crippen LogP contribution in [0.2, 0.25) is 0 Å². The molecule has 0 bridgehead atoms. The number of hydrogen-bond donors (Lipinski definition) is 2. The summed E-state index contributed by atoms with van der Waals surface area (Å²) in [5, 5.41) is 7.09. The first-order valence-electron chi connectivity index (χ1n) is 6.87. The Morgan fingerprint density at radius 2 is 2.12 bits per heavy atom. The van der Waals surface area contributed by atoms with E-state index in [1.165, 1.54) is 32.1 Å². The molecule has 3 heteroatoms. The van der Waals surface area contributed by atoms with Crippen LogP contribution in [0.3, 0.4) is 0 Å². The molecule has 2 N–H and O–H groups in total. The molecule has 1 fully saturated rings. The van der Waals surface area contributed by atoms with Gasteiger partial charge in [-0.05, 0) is 45.2 Å². The Morgan fingerprint density at radius 1 is 1.31 bits per heavy atom. The highest BCUT2D eigenvalue weighted by atomic mass is 35.5. The molecular weight excluding hydrogens is 220 g/mol. The lowest BCUT2D eigenvalue weighted by atomic mass is 10.0. The number of halogens is 1. The maximum Gasteiger partial charge on any atom is 0.0950 e. The summed E-state index contributed by atoms with van der Waals surface area (Å²) in [7, 11) is 0. The van der Waals surface area contributed by atoms with Crippen molar-refractivity contribution in [2.45, 2.75) is 69.8 Å². The molecule has 0 aliphatic carbocycles. The quantitative estimate of drug-likeness (QED) is 0.555. The van der Waals surface area contributed by atoms with E-state index in [1.807, 2.05) is 0 Å². The normalized spacial score (nSPS) is 28.7. The van der Waals surface area contributed by atoms with Gasteiger partial charge < -0.3 is 5.32 Å². The minimum atomic E-state index is -0.155. The minimum absolute atomic E-state index is 0.155. The van der Waals surface area contributed by atoms with E-state index in [2.05, 4.69) is 24.5 Å². The van der Waals surface area contributed by atoms with E-state index in [0.717, 1.165) is 25.9 Å². The van der Waals surface area contributed by atoms with Crippen molar-refractivity contribution in [3.8, 4) is 0 Å². The first-order chi connectivity index (χ1) is 7.70. The van der Waals surface area contributed by atoms with Gasteiger partial charge in [0.1, 0.15) is 0 Å². The van der Waals surface area contributed by atoms with Gasteiger partial charge in [-0.15, -0.1) is 11.6 Å². The second-order valence-corrected chi connectivity index (χ2v) is 5.68. The van der Waals surface area contributed by atoms with Crippen LogP contribution in [-0.2, 0) is 0 Å². The lowest BCUT2D eigenvalue weighted by molar-refractivity contribution is 0.333. The van der Waals surface area contributed by atoms with Crippen molar-refractivity contribution in [3.63, 3.8) is 0 Å². The fraction of sp³-hybridized carbons (Fsp3) is 1.00. The van der Waals surface area contributed by atoms with Crippen molar-refractivity contribution in [1.82, 2.24) is 10.6 Å². The predicted molar refractivity (Wildman–Crippen MR) is 72.0 cm³/mol. The Hall–Kier alpha value is 0.210. The third-order valence-corrected chi connectivity index (χ3v) is 3.97. The molecule has 0 radical (unpaired) electrons. The van der Waals surface area contributed by atoms with Gasteiger partial charge in [0.15, 0.2) is 0 Å². The zero-order valence-electron chi connectivity index (χ0n) is 10.8. The van der Waals surface area contributed by atoms with Gasteiger partial charge in [0, 0.05) is 6.04 Å². The summed E-state index contributed by atoms with van der Waals surface area (Å²) in [6.07, 6.45) is 8.32. The molecule has 0 aromatic rings. The number of unbranched alkanes of at least 4 members (excludes halogenated alkanes) is 1. The third-order valence-electron chi connectivity index (χ3n) is 3.49. The summed E-state index contributed by atoms with van der Waals surface area (Å²) in [6.45, 7) is 6.66. The highest BCUT2D eigenvalue weighted by molar-refractivity contribution is 6.23. The average Bonchev–Trinajstić information content (AvgIpc) is 2.49. The van der Waals surface area contributed by atoms with Gasteiger partial charge in [-0.25, -0.2) is 0 Å². The fourth-order valence-electron chi connectivity index (χ4n) is 2.37. The minimum Gasteiger partial charge on any atom is -0.317 e. The van der Waals surface area contributed by atoms with Crippen molar-refractivity contribution >= 4 is 11.6 Å². The summed E-state index contributed by atoms with van der Waals surface area (Å²) < 4.78 is 0. The molecule has 1 heterocycles. The standard InChI is InChI=1S/C13H27ClN2/c1-3-5-7-12(4-2)16-13(14)8-6-10-15-11-9-13/h12,15-16H,3-11H2,1-2H3. The zero-order chi connectivity index (χ0) is 11.9. The molecule has 0 saturated carbocycles. The monoisotopic (exact) mass is 246 g/mol. The van der Waals surface area contributed by atoms with Crippen LogP contribution >= 0.6 is 11.6 Å². The summed E-state index contributed by atoms with van der Waals surface area (Å²) >= 11 is 6.68. The van der Waals surface area contributed by atoms with Crippen LogP contribution in [0.15, 0.2) is 0 Å². The molecule has 0 amide bonds. The van der Waals surface area contributed by atoms with E-state index in [0.29, 0.717) is 6.04 Å². The zero-order valence-corrected chi connectivity index (χ0v) is 11.6. The maximum absolute atomic E-state index is 6.68. The predicted octanol–water partition coefficient (Wildman–Crippen LogP) is 3.25. The van der Waals surface area contributed by atoms with Gasteiger partial charge in [-0.3, -0.25) is 5.32 Å². The van der Waals surface area contributed by atoms with Crippen molar-refractivity contribution in [3.05, 3.63) is 0 Å². The largest absolute Gasteiger partial charge is 0.317 e. The number of alkyl halides is 1. The van der Waals surface area contributed by atoms with E-state index >= 15 is 0 Å². The van der Waals surface area contributed by atoms with E-state index in [1.54, 1.807) is 0 Å². The summed E-state index contributed by atoms with van der Waals surface area (Å²) in [5.41, 5.74) is 0. The van der Waals surface area contributed by atoms with E-state index < -0.39 is 0 Å². The summed E-state index contributed by atoms with van der Waals surface area (Å²) in [5.74, 6) is 0. The molecule has 1 aliphatic heterocycles. The van der Waals surface area contributed by atoms with Gasteiger partial charge in [0.25, 0.3) is 0 Å². The van der Waals surface area contributed by atoms with Gasteiger partial charge in [-0.1, -0.05) is 26.7 Å². The average molecular weight is 247 g/mol. The van der Waals surface area contributed by atoms with Crippen LogP contribution in [0.4, 0.5) is 0 Å². The van der Waals surface area contributed by atoms with E-state index in [9.17, 15) is 0 Å². The van der Waals surface area contributed by atoms with Gasteiger partial charge >= 0.3 is 0 Å². The van der Waals surface area contributed by atoms with Crippen LogP contribution in [0.25, 0.3) is 0 Å². The molecule has 2 nitrogen and oxygen atoms in total. The molecule has 16 heavy (non-hydrogen) atoms. The van der Waals surface area contributed by atoms with Gasteiger partial charge in [-0.2, -0.15) is 0 Å². The molecule has 1 aliphatic rings. The summed E-state index contributed by atoms with van der Waals surface area (Å²) in [6, 6.07) is 0.593. The molecule has 0 aromatic heterocycles. The number of nitrogens with one attached hydrogen (secondary N) is 2. The van der Waals surface area contributed by atoms with E-state index in [-0.39, 0.29) is 5.00 Å². The molecular formula is C13H27ClN2. The Morgan fingerprint density at radius 3 is 2.81 bits per heavy atom. The maximum atomic E-state index is 6.68. The number of rotatable bonds is 6. The Kier molecular flexibility index (Phi) is 6.71. The smallest absolute Gasteiger partial charge is 0.0950 e. The highest BCUT2D eigenvalue weighted by Crippen LogP contribution is 2.26. The number of hydrogen-bond acceptors (Lipinski definition) is 2. The first-order valence-corrected chi connectivity index (χ1v) is 7.25. The van der Waals surface area contributed by atoms with E-state index in [4.69, 9.17) is 11.6 Å². The third kappa shape index (κ3) is 5.03. The van der Waals surface area contributed by atoms with Crippen molar-refractivity contribution in [2.24, 2.45) is 0 Å². The van der Waals surface area contributed by atoms with Crippen LogP contribution in [-0.4, -0.2) is 24.1 Å². The van der Waals surface area contributed by atoms with Crippen molar-refractivity contribution in [2.75, 3.05) is 13.1 Å². The highest BCUT2D eigenvalue weighted by Gasteiger charge is 2.29. The van der Waals surface area contributed by atoms with Crippen LogP contribution in [0, 0.1) is 0 Å². The SMILES string of the molecule is CCCCC(CC)NC1(Cl)CCCNCC1. The Bertz CT molecular complexity index is 177. The molecule has 96 valence electrons. The molecule has 1 saturated heterocycles. The van der Waals surface area contributed by atoms with Crippen LogP contribution in [0.5, 0.6) is 0 Å². The van der Waals surface area contributed by atoms with Crippen molar-refractivity contribution < 1.29 is 0 Å². The van der Waals surface area contributed by atoms with Gasteiger partial charge in [0.2, 0.25) is 0 Å². The lowest BCUT2D eigenvalue weighted by Crippen LogP contribution is -2.46. The molecule has 1 rings (SSSR count). The Balaban J connectivity index is 2.40.